The monoisotopic (exact) mass is 385 g/mol. The van der Waals surface area contributed by atoms with Gasteiger partial charge in [-0.2, -0.15) is 0 Å². The van der Waals surface area contributed by atoms with Crippen LogP contribution in [0, 0.1) is 0 Å². The quantitative estimate of drug-likeness (QED) is 0.660. The van der Waals surface area contributed by atoms with Gasteiger partial charge in [0.15, 0.2) is 0 Å². The zero-order valence-corrected chi connectivity index (χ0v) is 14.4. The lowest BCUT2D eigenvalue weighted by Crippen LogP contribution is -2.21. The van der Waals surface area contributed by atoms with Crippen molar-refractivity contribution in [2.24, 2.45) is 0 Å². The fraction of sp³-hybridized carbons (Fsp3) is 0.250. The Hall–Kier alpha value is -1.43. The first-order valence-corrected chi connectivity index (χ1v) is 8.04. The molecule has 22 heavy (non-hydrogen) atoms. The summed E-state index contributed by atoms with van der Waals surface area (Å²) in [4.78, 5) is 0. The van der Waals surface area contributed by atoms with Gasteiger partial charge >= 0.3 is 0 Å². The number of methoxy groups -OCH3 is 1. The summed E-state index contributed by atoms with van der Waals surface area (Å²) in [6.07, 6.45) is -0.669. The van der Waals surface area contributed by atoms with E-state index in [1.54, 1.807) is 19.2 Å². The Morgan fingerprint density at radius 3 is 2.64 bits per heavy atom. The highest BCUT2D eigenvalue weighted by atomic mass is 79.9. The van der Waals surface area contributed by atoms with Crippen LogP contribution in [0.5, 0.6) is 11.5 Å². The highest BCUT2D eigenvalue weighted by molar-refractivity contribution is 9.10. The van der Waals surface area contributed by atoms with Crippen LogP contribution in [0.25, 0.3) is 11.1 Å². The highest BCUT2D eigenvalue weighted by Crippen LogP contribution is 2.44. The summed E-state index contributed by atoms with van der Waals surface area (Å²) in [7, 11) is 1.57. The van der Waals surface area contributed by atoms with Crippen molar-refractivity contribution in [3.63, 3.8) is 0 Å². The summed E-state index contributed by atoms with van der Waals surface area (Å²) in [6, 6.07) is 10.7. The van der Waals surface area contributed by atoms with Gasteiger partial charge in [0.1, 0.15) is 11.5 Å². The molecule has 6 heteroatoms. The minimum atomic E-state index is -0.669. The van der Waals surface area contributed by atoms with Crippen LogP contribution in [0.2, 0.25) is 0 Å². The maximum atomic E-state index is 10.2. The number of aliphatic hydroxyl groups is 1. The molecule has 0 fully saturated rings. The number of nitrogens with one attached hydrogen (secondary N) is 1. The largest absolute Gasteiger partial charge is 0.507 e. The first kappa shape index (κ1) is 16.9. The molecule has 0 heterocycles. The maximum absolute atomic E-state index is 10.2. The molecule has 0 aliphatic heterocycles. The molecule has 0 aliphatic carbocycles. The summed E-state index contributed by atoms with van der Waals surface area (Å²) in [6.45, 7) is 0.288. The number of para-hydroxylation sites is 1. The van der Waals surface area contributed by atoms with Crippen molar-refractivity contribution in [3.05, 3.63) is 40.9 Å². The van der Waals surface area contributed by atoms with Crippen molar-refractivity contribution in [1.82, 2.24) is 0 Å². The Balaban J connectivity index is 2.54. The van der Waals surface area contributed by atoms with E-state index in [1.165, 1.54) is 0 Å². The summed E-state index contributed by atoms with van der Waals surface area (Å²) in [5, 5.41) is 23.0. The second kappa shape index (κ2) is 7.72. The second-order valence-electron chi connectivity index (χ2n) is 4.71. The molecule has 0 aromatic heterocycles. The van der Waals surface area contributed by atoms with Crippen LogP contribution < -0.4 is 10.1 Å². The van der Waals surface area contributed by atoms with Gasteiger partial charge in [-0.1, -0.05) is 18.2 Å². The molecule has 2 aromatic rings. The lowest BCUT2D eigenvalue weighted by atomic mass is 10.0. The molecule has 0 spiro atoms. The molecule has 1 atom stereocenters. The number of rotatable bonds is 6. The topological polar surface area (TPSA) is 61.7 Å². The third kappa shape index (κ3) is 3.66. The molecule has 0 radical (unpaired) electrons. The van der Waals surface area contributed by atoms with E-state index in [0.717, 1.165) is 15.7 Å². The van der Waals surface area contributed by atoms with E-state index in [4.69, 9.17) is 16.3 Å². The fourth-order valence-electron chi connectivity index (χ4n) is 2.13. The number of halogens is 2. The number of aromatic hydroxyl groups is 1. The van der Waals surface area contributed by atoms with Crippen LogP contribution in [-0.2, 0) is 0 Å². The summed E-state index contributed by atoms with van der Waals surface area (Å²) < 4.78 is 6.22. The molecule has 1 unspecified atom stereocenters. The van der Waals surface area contributed by atoms with Crippen molar-refractivity contribution in [2.45, 2.75) is 6.10 Å². The summed E-state index contributed by atoms with van der Waals surface area (Å²) in [5.41, 5.74) is 2.09. The molecule has 118 valence electrons. The normalized spacial score (nSPS) is 12.0. The Labute approximate surface area is 142 Å². The zero-order chi connectivity index (χ0) is 16.1. The molecule has 2 rings (SSSR count). The lowest BCUT2D eigenvalue weighted by Gasteiger charge is -2.19. The van der Waals surface area contributed by atoms with Crippen molar-refractivity contribution < 1.29 is 14.9 Å². The van der Waals surface area contributed by atoms with Crippen LogP contribution >= 0.6 is 27.5 Å². The van der Waals surface area contributed by atoms with Gasteiger partial charge in [0.25, 0.3) is 0 Å². The number of aliphatic hydroxyl groups excluding tert-OH is 1. The highest BCUT2D eigenvalue weighted by Gasteiger charge is 2.18. The first-order chi connectivity index (χ1) is 10.6. The van der Waals surface area contributed by atoms with Gasteiger partial charge in [-0.05, 0) is 34.1 Å². The maximum Gasteiger partial charge on any atom is 0.128 e. The number of phenolic OH excluding ortho intramolecular Hbond substituents is 1. The van der Waals surface area contributed by atoms with E-state index in [1.807, 2.05) is 24.3 Å². The Kier molecular flexibility index (Phi) is 5.94. The van der Waals surface area contributed by atoms with Gasteiger partial charge in [-0.3, -0.25) is 0 Å². The fourth-order valence-corrected chi connectivity index (χ4v) is 2.71. The van der Waals surface area contributed by atoms with Crippen molar-refractivity contribution in [2.75, 3.05) is 24.9 Å². The SMILES string of the molecule is COc1ccc(Br)c(NCC(O)CCl)c1-c1ccccc1O. The lowest BCUT2D eigenvalue weighted by molar-refractivity contribution is 0.211. The van der Waals surface area contributed by atoms with Gasteiger partial charge in [-0.15, -0.1) is 11.6 Å². The number of hydrogen-bond acceptors (Lipinski definition) is 4. The average Bonchev–Trinajstić information content (AvgIpc) is 2.53. The minimum Gasteiger partial charge on any atom is -0.507 e. The Bertz CT molecular complexity index is 651. The minimum absolute atomic E-state index is 0.139. The van der Waals surface area contributed by atoms with Gasteiger partial charge in [0.05, 0.1) is 30.3 Å². The number of ether oxygens (including phenoxy) is 1. The zero-order valence-electron chi connectivity index (χ0n) is 12.0. The van der Waals surface area contributed by atoms with Gasteiger partial charge in [0.2, 0.25) is 0 Å². The van der Waals surface area contributed by atoms with Gasteiger partial charge in [-0.25, -0.2) is 0 Å². The molecule has 0 saturated heterocycles. The van der Waals surface area contributed by atoms with Crippen LogP contribution in [-0.4, -0.2) is 35.9 Å². The predicted molar refractivity (Wildman–Crippen MR) is 93.0 cm³/mol. The van der Waals surface area contributed by atoms with E-state index in [2.05, 4.69) is 21.2 Å². The molecule has 3 N–H and O–H groups in total. The van der Waals surface area contributed by atoms with E-state index >= 15 is 0 Å². The van der Waals surface area contributed by atoms with Crippen LogP contribution in [0.4, 0.5) is 5.69 Å². The summed E-state index contributed by atoms with van der Waals surface area (Å²) in [5.74, 6) is 0.910. The molecule has 0 aliphatic rings. The van der Waals surface area contributed by atoms with Gasteiger partial charge in [0, 0.05) is 16.6 Å². The number of benzene rings is 2. The summed E-state index contributed by atoms with van der Waals surface area (Å²) >= 11 is 9.12. The average molecular weight is 387 g/mol. The predicted octanol–water partition coefficient (Wildman–Crippen LogP) is 3.84. The molecule has 2 aromatic carbocycles. The molecular formula is C16H17BrClNO3. The number of alkyl halides is 1. The number of hydrogen-bond donors (Lipinski definition) is 3. The smallest absolute Gasteiger partial charge is 0.128 e. The molecular weight excluding hydrogens is 370 g/mol. The molecule has 0 saturated carbocycles. The Morgan fingerprint density at radius 2 is 2.00 bits per heavy atom. The molecule has 0 bridgehead atoms. The third-order valence-corrected chi connectivity index (χ3v) is 4.22. The van der Waals surface area contributed by atoms with Gasteiger partial charge < -0.3 is 20.3 Å². The number of anilines is 1. The van der Waals surface area contributed by atoms with Crippen molar-refractivity contribution in [1.29, 1.82) is 0 Å². The standard InChI is InChI=1S/C16H17BrClNO3/c1-22-14-7-6-12(17)16(19-9-10(20)8-18)15(14)11-4-2-3-5-13(11)21/h2-7,10,19-21H,8-9H2,1H3. The number of phenols is 1. The van der Waals surface area contributed by atoms with Crippen LogP contribution in [0.15, 0.2) is 40.9 Å². The van der Waals surface area contributed by atoms with E-state index < -0.39 is 6.10 Å². The van der Waals surface area contributed by atoms with Crippen LogP contribution in [0.1, 0.15) is 0 Å². The molecule has 4 nitrogen and oxygen atoms in total. The first-order valence-electron chi connectivity index (χ1n) is 6.71. The Morgan fingerprint density at radius 1 is 1.27 bits per heavy atom. The van der Waals surface area contributed by atoms with Crippen molar-refractivity contribution >= 4 is 33.2 Å². The second-order valence-corrected chi connectivity index (χ2v) is 5.87. The van der Waals surface area contributed by atoms with Crippen LogP contribution in [0.3, 0.4) is 0 Å². The molecule has 0 amide bonds. The van der Waals surface area contributed by atoms with E-state index in [0.29, 0.717) is 11.3 Å². The third-order valence-electron chi connectivity index (χ3n) is 3.20. The van der Waals surface area contributed by atoms with Crippen molar-refractivity contribution in [3.8, 4) is 22.6 Å². The van der Waals surface area contributed by atoms with E-state index in [-0.39, 0.29) is 18.2 Å². The van der Waals surface area contributed by atoms with E-state index in [9.17, 15) is 10.2 Å².